The van der Waals surface area contributed by atoms with Gasteiger partial charge in [-0.05, 0) is 18.8 Å². The number of aliphatic hydroxyl groups is 1. The molecule has 0 amide bonds. The SMILES string of the molecule is OC[C@@H]1CCCN(c2ncc(Cl)cn2)C1. The van der Waals surface area contributed by atoms with Crippen LogP contribution in [0.3, 0.4) is 0 Å². The fraction of sp³-hybridized carbons (Fsp3) is 0.600. The zero-order valence-electron chi connectivity index (χ0n) is 8.43. The van der Waals surface area contributed by atoms with Gasteiger partial charge in [-0.1, -0.05) is 11.6 Å². The molecule has 5 heteroatoms. The average Bonchev–Trinajstić information content (AvgIpc) is 2.30. The number of hydrogen-bond donors (Lipinski definition) is 1. The first-order valence-corrected chi connectivity index (χ1v) is 5.50. The molecule has 1 saturated heterocycles. The van der Waals surface area contributed by atoms with Crippen LogP contribution in [0.4, 0.5) is 5.95 Å². The zero-order chi connectivity index (χ0) is 10.7. The summed E-state index contributed by atoms with van der Waals surface area (Å²) in [5.41, 5.74) is 0. The Hall–Kier alpha value is -0.870. The molecule has 1 atom stereocenters. The summed E-state index contributed by atoms with van der Waals surface area (Å²) >= 11 is 5.72. The Morgan fingerprint density at radius 1 is 1.47 bits per heavy atom. The monoisotopic (exact) mass is 227 g/mol. The Kier molecular flexibility index (Phi) is 3.38. The summed E-state index contributed by atoms with van der Waals surface area (Å²) in [5, 5.41) is 9.66. The highest BCUT2D eigenvalue weighted by Gasteiger charge is 2.20. The van der Waals surface area contributed by atoms with Crippen LogP contribution in [0.5, 0.6) is 0 Å². The highest BCUT2D eigenvalue weighted by molar-refractivity contribution is 6.30. The third kappa shape index (κ3) is 2.58. The molecule has 15 heavy (non-hydrogen) atoms. The third-order valence-corrected chi connectivity index (χ3v) is 2.86. The van der Waals surface area contributed by atoms with Gasteiger partial charge in [-0.3, -0.25) is 0 Å². The molecule has 2 rings (SSSR count). The van der Waals surface area contributed by atoms with Crippen LogP contribution in [0, 0.1) is 5.92 Å². The molecule has 1 fully saturated rings. The fourth-order valence-electron chi connectivity index (χ4n) is 1.86. The van der Waals surface area contributed by atoms with Crippen molar-refractivity contribution in [3.8, 4) is 0 Å². The van der Waals surface area contributed by atoms with Gasteiger partial charge in [0, 0.05) is 19.7 Å². The minimum absolute atomic E-state index is 0.240. The van der Waals surface area contributed by atoms with E-state index in [9.17, 15) is 0 Å². The highest BCUT2D eigenvalue weighted by atomic mass is 35.5. The Labute approximate surface area is 93.9 Å². The summed E-state index contributed by atoms with van der Waals surface area (Å²) in [6.45, 7) is 2.03. The lowest BCUT2D eigenvalue weighted by Gasteiger charge is -2.31. The Balaban J connectivity index is 2.06. The molecule has 4 nitrogen and oxygen atoms in total. The van der Waals surface area contributed by atoms with Gasteiger partial charge in [0.1, 0.15) is 0 Å². The van der Waals surface area contributed by atoms with Gasteiger partial charge in [-0.15, -0.1) is 0 Å². The first kappa shape index (κ1) is 10.6. The standard InChI is InChI=1S/C10H14ClN3O/c11-9-4-12-10(13-5-9)14-3-1-2-8(6-14)7-15/h4-5,8,15H,1-3,6-7H2/t8-/m1/s1. The van der Waals surface area contributed by atoms with Gasteiger partial charge in [0.15, 0.2) is 0 Å². The van der Waals surface area contributed by atoms with Gasteiger partial charge in [0.05, 0.1) is 17.4 Å². The molecule has 1 aromatic heterocycles. The van der Waals surface area contributed by atoms with Gasteiger partial charge in [0.25, 0.3) is 0 Å². The molecule has 0 unspecified atom stereocenters. The lowest BCUT2D eigenvalue weighted by atomic mass is 9.99. The fourth-order valence-corrected chi connectivity index (χ4v) is 1.96. The molecule has 1 N–H and O–H groups in total. The number of rotatable bonds is 2. The van der Waals surface area contributed by atoms with Crippen molar-refractivity contribution in [1.29, 1.82) is 0 Å². The highest BCUT2D eigenvalue weighted by Crippen LogP contribution is 2.20. The molecule has 0 aliphatic carbocycles. The number of hydrogen-bond acceptors (Lipinski definition) is 4. The van der Waals surface area contributed by atoms with Crippen LogP contribution in [0.2, 0.25) is 5.02 Å². The van der Waals surface area contributed by atoms with Gasteiger partial charge >= 0.3 is 0 Å². The van der Waals surface area contributed by atoms with E-state index in [0.29, 0.717) is 16.9 Å². The minimum Gasteiger partial charge on any atom is -0.396 e. The van der Waals surface area contributed by atoms with Crippen molar-refractivity contribution in [2.24, 2.45) is 5.92 Å². The zero-order valence-corrected chi connectivity index (χ0v) is 9.19. The van der Waals surface area contributed by atoms with Gasteiger partial charge < -0.3 is 10.0 Å². The van der Waals surface area contributed by atoms with E-state index >= 15 is 0 Å². The maximum atomic E-state index is 9.11. The van der Waals surface area contributed by atoms with Gasteiger partial charge in [-0.2, -0.15) is 0 Å². The summed E-state index contributed by atoms with van der Waals surface area (Å²) in [7, 11) is 0. The van der Waals surface area contributed by atoms with Crippen LogP contribution in [0.15, 0.2) is 12.4 Å². The number of halogens is 1. The van der Waals surface area contributed by atoms with E-state index in [1.165, 1.54) is 0 Å². The summed E-state index contributed by atoms with van der Waals surface area (Å²) in [6, 6.07) is 0. The van der Waals surface area contributed by atoms with E-state index in [1.54, 1.807) is 12.4 Å². The topological polar surface area (TPSA) is 49.2 Å². The molecule has 0 bridgehead atoms. The molecule has 82 valence electrons. The van der Waals surface area contributed by atoms with Crippen LogP contribution in [-0.2, 0) is 0 Å². The first-order valence-electron chi connectivity index (χ1n) is 5.13. The molecular formula is C10H14ClN3O. The van der Waals surface area contributed by atoms with E-state index < -0.39 is 0 Å². The van der Waals surface area contributed by atoms with Crippen LogP contribution < -0.4 is 4.90 Å². The second kappa shape index (κ2) is 4.77. The van der Waals surface area contributed by atoms with E-state index in [1.807, 2.05) is 0 Å². The molecule has 0 spiro atoms. The third-order valence-electron chi connectivity index (χ3n) is 2.67. The van der Waals surface area contributed by atoms with Crippen molar-refractivity contribution in [3.63, 3.8) is 0 Å². The minimum atomic E-state index is 0.240. The lowest BCUT2D eigenvalue weighted by molar-refractivity contribution is 0.208. The maximum Gasteiger partial charge on any atom is 0.225 e. The second-order valence-electron chi connectivity index (χ2n) is 3.84. The molecule has 0 radical (unpaired) electrons. The van der Waals surface area contributed by atoms with Gasteiger partial charge in [0.2, 0.25) is 5.95 Å². The van der Waals surface area contributed by atoms with Crippen molar-refractivity contribution in [1.82, 2.24) is 9.97 Å². The number of piperidine rings is 1. The van der Waals surface area contributed by atoms with E-state index in [-0.39, 0.29) is 6.61 Å². The molecule has 1 aliphatic heterocycles. The normalized spacial score (nSPS) is 21.7. The number of anilines is 1. The molecular weight excluding hydrogens is 214 g/mol. The summed E-state index contributed by atoms with van der Waals surface area (Å²) in [4.78, 5) is 10.4. The Bertz CT molecular complexity index is 317. The number of aromatic nitrogens is 2. The van der Waals surface area contributed by atoms with Crippen molar-refractivity contribution < 1.29 is 5.11 Å². The van der Waals surface area contributed by atoms with Crippen molar-refractivity contribution >= 4 is 17.5 Å². The van der Waals surface area contributed by atoms with Crippen molar-refractivity contribution in [2.45, 2.75) is 12.8 Å². The molecule has 0 aromatic carbocycles. The predicted molar refractivity (Wildman–Crippen MR) is 59.1 cm³/mol. The number of nitrogens with zero attached hydrogens (tertiary/aromatic N) is 3. The maximum absolute atomic E-state index is 9.11. The van der Waals surface area contributed by atoms with Crippen molar-refractivity contribution in [2.75, 3.05) is 24.6 Å². The van der Waals surface area contributed by atoms with Crippen LogP contribution in [0.1, 0.15) is 12.8 Å². The Morgan fingerprint density at radius 3 is 2.87 bits per heavy atom. The van der Waals surface area contributed by atoms with Crippen LogP contribution in [0.25, 0.3) is 0 Å². The molecule has 1 aromatic rings. The molecule has 0 saturated carbocycles. The Morgan fingerprint density at radius 2 is 2.20 bits per heavy atom. The summed E-state index contributed by atoms with van der Waals surface area (Å²) in [6.07, 6.45) is 5.37. The first-order chi connectivity index (χ1) is 7.29. The molecule has 1 aliphatic rings. The average molecular weight is 228 g/mol. The molecule has 2 heterocycles. The van der Waals surface area contributed by atoms with E-state index in [4.69, 9.17) is 16.7 Å². The van der Waals surface area contributed by atoms with Crippen molar-refractivity contribution in [3.05, 3.63) is 17.4 Å². The lowest BCUT2D eigenvalue weighted by Crippen LogP contribution is -2.37. The predicted octanol–water partition coefficient (Wildman–Crippen LogP) is 1.34. The summed E-state index contributed by atoms with van der Waals surface area (Å²) < 4.78 is 0. The van der Waals surface area contributed by atoms with E-state index in [0.717, 1.165) is 25.9 Å². The largest absolute Gasteiger partial charge is 0.396 e. The number of aliphatic hydroxyl groups excluding tert-OH is 1. The van der Waals surface area contributed by atoms with E-state index in [2.05, 4.69) is 14.9 Å². The van der Waals surface area contributed by atoms with Crippen LogP contribution in [-0.4, -0.2) is 34.8 Å². The smallest absolute Gasteiger partial charge is 0.225 e. The van der Waals surface area contributed by atoms with Crippen LogP contribution >= 0.6 is 11.6 Å². The van der Waals surface area contributed by atoms with Gasteiger partial charge in [-0.25, -0.2) is 9.97 Å². The summed E-state index contributed by atoms with van der Waals surface area (Å²) in [5.74, 6) is 1.05. The quantitative estimate of drug-likeness (QED) is 0.829. The second-order valence-corrected chi connectivity index (χ2v) is 4.27.